The van der Waals surface area contributed by atoms with Crippen LogP contribution in [0, 0.1) is 12.7 Å². The quantitative estimate of drug-likeness (QED) is 0.884. The number of hydrogen-bond donors (Lipinski definition) is 1. The molecule has 0 heterocycles. The third kappa shape index (κ3) is 2.87. The molecule has 2 aromatic rings. The van der Waals surface area contributed by atoms with Gasteiger partial charge in [-0.05, 0) is 73.7 Å². The Bertz CT molecular complexity index is 654. The lowest BCUT2D eigenvalue weighted by Crippen LogP contribution is -2.08. The number of aryl methyl sites for hydroxylation is 2. The first-order valence-corrected chi connectivity index (χ1v) is 7.45. The standard InChI is InChI=1S/C18H20FNO/c1-3-21-15-6-9-17(12(2)10-15)20-18-8-4-13-11-14(19)5-7-16(13)18/h5-7,9-11,18,20H,3-4,8H2,1-2H3. The zero-order valence-electron chi connectivity index (χ0n) is 12.4. The van der Waals surface area contributed by atoms with Crippen molar-refractivity contribution in [2.75, 3.05) is 11.9 Å². The van der Waals surface area contributed by atoms with Crippen LogP contribution in [0.2, 0.25) is 0 Å². The summed E-state index contributed by atoms with van der Waals surface area (Å²) in [5.74, 6) is 0.751. The van der Waals surface area contributed by atoms with E-state index in [4.69, 9.17) is 4.74 Å². The van der Waals surface area contributed by atoms with Gasteiger partial charge in [-0.15, -0.1) is 0 Å². The highest BCUT2D eigenvalue weighted by Gasteiger charge is 2.23. The van der Waals surface area contributed by atoms with Crippen LogP contribution in [0.4, 0.5) is 10.1 Å². The van der Waals surface area contributed by atoms with Gasteiger partial charge >= 0.3 is 0 Å². The van der Waals surface area contributed by atoms with Crippen molar-refractivity contribution in [3.05, 3.63) is 58.9 Å². The van der Waals surface area contributed by atoms with E-state index in [1.807, 2.05) is 25.1 Å². The molecule has 0 saturated carbocycles. The van der Waals surface area contributed by atoms with Crippen molar-refractivity contribution in [1.82, 2.24) is 0 Å². The Morgan fingerprint density at radius 1 is 1.24 bits per heavy atom. The number of fused-ring (bicyclic) bond motifs is 1. The molecular formula is C18H20FNO. The maximum atomic E-state index is 13.3. The van der Waals surface area contributed by atoms with Crippen LogP contribution >= 0.6 is 0 Å². The van der Waals surface area contributed by atoms with Crippen LogP contribution in [0.15, 0.2) is 36.4 Å². The number of ether oxygens (including phenoxy) is 1. The van der Waals surface area contributed by atoms with E-state index >= 15 is 0 Å². The SMILES string of the molecule is CCOc1ccc(NC2CCc3cc(F)ccc32)c(C)c1. The molecule has 1 aliphatic rings. The van der Waals surface area contributed by atoms with Crippen molar-refractivity contribution < 1.29 is 9.13 Å². The smallest absolute Gasteiger partial charge is 0.123 e. The van der Waals surface area contributed by atoms with Crippen LogP contribution in [0.25, 0.3) is 0 Å². The lowest BCUT2D eigenvalue weighted by Gasteiger charge is -2.18. The minimum Gasteiger partial charge on any atom is -0.494 e. The summed E-state index contributed by atoms with van der Waals surface area (Å²) in [6.45, 7) is 4.73. The van der Waals surface area contributed by atoms with Gasteiger partial charge in [0.25, 0.3) is 0 Å². The zero-order chi connectivity index (χ0) is 14.8. The number of hydrogen-bond acceptors (Lipinski definition) is 2. The second kappa shape index (κ2) is 5.76. The number of halogens is 1. The third-order valence-electron chi connectivity index (χ3n) is 4.02. The van der Waals surface area contributed by atoms with Crippen LogP contribution in [0.5, 0.6) is 5.75 Å². The second-order valence-electron chi connectivity index (χ2n) is 5.49. The van der Waals surface area contributed by atoms with Gasteiger partial charge in [0.15, 0.2) is 0 Å². The highest BCUT2D eigenvalue weighted by Crippen LogP contribution is 2.35. The fourth-order valence-corrected chi connectivity index (χ4v) is 2.98. The normalized spacial score (nSPS) is 16.6. The van der Waals surface area contributed by atoms with Crippen molar-refractivity contribution in [3.63, 3.8) is 0 Å². The summed E-state index contributed by atoms with van der Waals surface area (Å²) in [4.78, 5) is 0. The van der Waals surface area contributed by atoms with Gasteiger partial charge in [0.1, 0.15) is 11.6 Å². The molecule has 2 aromatic carbocycles. The molecule has 1 atom stereocenters. The molecule has 110 valence electrons. The summed E-state index contributed by atoms with van der Waals surface area (Å²) in [5, 5.41) is 3.58. The van der Waals surface area contributed by atoms with Crippen molar-refractivity contribution in [2.24, 2.45) is 0 Å². The number of benzene rings is 2. The lowest BCUT2D eigenvalue weighted by molar-refractivity contribution is 0.340. The van der Waals surface area contributed by atoms with E-state index in [1.54, 1.807) is 12.1 Å². The molecule has 1 aliphatic carbocycles. The van der Waals surface area contributed by atoms with Gasteiger partial charge in [-0.2, -0.15) is 0 Å². The van der Waals surface area contributed by atoms with Gasteiger partial charge in [-0.3, -0.25) is 0 Å². The predicted molar refractivity (Wildman–Crippen MR) is 83.4 cm³/mol. The molecule has 3 rings (SSSR count). The summed E-state index contributed by atoms with van der Waals surface area (Å²) in [6, 6.07) is 11.5. The van der Waals surface area contributed by atoms with Gasteiger partial charge in [-0.25, -0.2) is 4.39 Å². The largest absolute Gasteiger partial charge is 0.494 e. The average molecular weight is 285 g/mol. The summed E-state index contributed by atoms with van der Waals surface area (Å²) in [6.07, 6.45) is 1.94. The maximum Gasteiger partial charge on any atom is 0.123 e. The van der Waals surface area contributed by atoms with Gasteiger partial charge < -0.3 is 10.1 Å². The van der Waals surface area contributed by atoms with Gasteiger partial charge in [0.05, 0.1) is 12.6 Å². The number of nitrogens with one attached hydrogen (secondary N) is 1. The molecular weight excluding hydrogens is 265 g/mol. The first-order valence-electron chi connectivity index (χ1n) is 7.45. The van der Waals surface area contributed by atoms with Crippen LogP contribution in [-0.2, 0) is 6.42 Å². The predicted octanol–water partition coefficient (Wildman–Crippen LogP) is 4.63. The molecule has 1 N–H and O–H groups in total. The van der Waals surface area contributed by atoms with Crippen LogP contribution in [0.3, 0.4) is 0 Å². The van der Waals surface area contributed by atoms with Crippen molar-refractivity contribution in [3.8, 4) is 5.75 Å². The van der Waals surface area contributed by atoms with E-state index in [0.717, 1.165) is 35.4 Å². The molecule has 1 unspecified atom stereocenters. The van der Waals surface area contributed by atoms with E-state index < -0.39 is 0 Å². The maximum absolute atomic E-state index is 13.3. The highest BCUT2D eigenvalue weighted by atomic mass is 19.1. The summed E-state index contributed by atoms with van der Waals surface area (Å²) < 4.78 is 18.8. The summed E-state index contributed by atoms with van der Waals surface area (Å²) in [5.41, 5.74) is 4.61. The first kappa shape index (κ1) is 13.9. The Hall–Kier alpha value is -2.03. The average Bonchev–Trinajstić information content (AvgIpc) is 2.84. The van der Waals surface area contributed by atoms with E-state index in [0.29, 0.717) is 6.61 Å². The topological polar surface area (TPSA) is 21.3 Å². The second-order valence-corrected chi connectivity index (χ2v) is 5.49. The first-order chi connectivity index (χ1) is 10.2. The Morgan fingerprint density at radius 2 is 2.10 bits per heavy atom. The van der Waals surface area contributed by atoms with Crippen molar-refractivity contribution in [1.29, 1.82) is 0 Å². The van der Waals surface area contributed by atoms with Crippen LogP contribution < -0.4 is 10.1 Å². The lowest BCUT2D eigenvalue weighted by atomic mass is 10.1. The molecule has 0 radical (unpaired) electrons. The molecule has 2 nitrogen and oxygen atoms in total. The van der Waals surface area contributed by atoms with Crippen LogP contribution in [0.1, 0.15) is 36.1 Å². The zero-order valence-corrected chi connectivity index (χ0v) is 12.4. The molecule has 21 heavy (non-hydrogen) atoms. The van der Waals surface area contributed by atoms with Crippen molar-refractivity contribution in [2.45, 2.75) is 32.7 Å². The molecule has 0 amide bonds. The molecule has 0 saturated heterocycles. The van der Waals surface area contributed by atoms with Gasteiger partial charge in [0, 0.05) is 5.69 Å². The van der Waals surface area contributed by atoms with Crippen LogP contribution in [-0.4, -0.2) is 6.61 Å². The van der Waals surface area contributed by atoms with Gasteiger partial charge in [0.2, 0.25) is 0 Å². The molecule has 0 aliphatic heterocycles. The minimum atomic E-state index is -0.147. The summed E-state index contributed by atoms with van der Waals surface area (Å²) in [7, 11) is 0. The molecule has 0 spiro atoms. The van der Waals surface area contributed by atoms with Gasteiger partial charge in [-0.1, -0.05) is 6.07 Å². The van der Waals surface area contributed by atoms with E-state index in [1.165, 1.54) is 5.56 Å². The van der Waals surface area contributed by atoms with E-state index in [2.05, 4.69) is 18.3 Å². The number of rotatable bonds is 4. The molecule has 0 aromatic heterocycles. The fourth-order valence-electron chi connectivity index (χ4n) is 2.98. The molecule has 0 fully saturated rings. The highest BCUT2D eigenvalue weighted by molar-refractivity contribution is 5.56. The van der Waals surface area contributed by atoms with E-state index in [9.17, 15) is 4.39 Å². The Kier molecular flexibility index (Phi) is 3.82. The van der Waals surface area contributed by atoms with Crippen molar-refractivity contribution >= 4 is 5.69 Å². The minimum absolute atomic E-state index is 0.147. The monoisotopic (exact) mass is 285 g/mol. The third-order valence-corrected chi connectivity index (χ3v) is 4.02. The van der Waals surface area contributed by atoms with E-state index in [-0.39, 0.29) is 11.9 Å². The molecule has 0 bridgehead atoms. The summed E-state index contributed by atoms with van der Waals surface area (Å²) >= 11 is 0. The Balaban J connectivity index is 1.80. The Morgan fingerprint density at radius 3 is 2.86 bits per heavy atom. The number of anilines is 1. The Labute approximate surface area is 125 Å². The molecule has 3 heteroatoms. The fraction of sp³-hybridized carbons (Fsp3) is 0.333.